The summed E-state index contributed by atoms with van der Waals surface area (Å²) in [4.78, 5) is 27.7. The van der Waals surface area contributed by atoms with E-state index in [0.717, 1.165) is 38.2 Å². The molecule has 0 saturated carbocycles. The Morgan fingerprint density at radius 2 is 1.92 bits per heavy atom. The maximum atomic E-state index is 11.5. The van der Waals surface area contributed by atoms with E-state index in [1.807, 2.05) is 6.07 Å². The zero-order chi connectivity index (χ0) is 17.2. The third kappa shape index (κ3) is 3.28. The second-order valence-electron chi connectivity index (χ2n) is 6.68. The van der Waals surface area contributed by atoms with E-state index >= 15 is 0 Å². The van der Waals surface area contributed by atoms with E-state index in [0.29, 0.717) is 17.1 Å². The van der Waals surface area contributed by atoms with E-state index in [1.165, 1.54) is 11.9 Å². The number of piperidine rings is 1. The fraction of sp³-hybridized carbons (Fsp3) is 0.389. The van der Waals surface area contributed by atoms with Gasteiger partial charge in [-0.25, -0.2) is 14.8 Å². The van der Waals surface area contributed by atoms with Crippen molar-refractivity contribution in [3.05, 3.63) is 52.7 Å². The summed E-state index contributed by atoms with van der Waals surface area (Å²) in [6.45, 7) is 1.76. The van der Waals surface area contributed by atoms with Gasteiger partial charge >= 0.3 is 5.69 Å². The number of hydrogen-bond donors (Lipinski definition) is 3. The first-order valence-corrected chi connectivity index (χ1v) is 8.68. The average Bonchev–Trinajstić information content (AvgIpc) is 3.03. The fourth-order valence-corrected chi connectivity index (χ4v) is 3.67. The lowest BCUT2D eigenvalue weighted by Gasteiger charge is -2.35. The highest BCUT2D eigenvalue weighted by Gasteiger charge is 2.26. The molecule has 7 nitrogen and oxygen atoms in total. The molecule has 0 amide bonds. The summed E-state index contributed by atoms with van der Waals surface area (Å²) in [5.74, 6) is 1.29. The van der Waals surface area contributed by atoms with Crippen LogP contribution in [0.4, 0.5) is 5.82 Å². The molecule has 1 aromatic carbocycles. The topological polar surface area (TPSA) is 104 Å². The van der Waals surface area contributed by atoms with E-state index in [9.17, 15) is 4.79 Å². The second-order valence-corrected chi connectivity index (χ2v) is 6.68. The maximum absolute atomic E-state index is 11.5. The molecule has 0 spiro atoms. The summed E-state index contributed by atoms with van der Waals surface area (Å²) in [5, 5.41) is 0. The van der Waals surface area contributed by atoms with Crippen molar-refractivity contribution >= 4 is 17.0 Å². The number of rotatable bonds is 4. The third-order valence-corrected chi connectivity index (χ3v) is 5.06. The Morgan fingerprint density at radius 1 is 1.16 bits per heavy atom. The Hall–Kier alpha value is -2.67. The van der Waals surface area contributed by atoms with Gasteiger partial charge in [0, 0.05) is 19.1 Å². The molecule has 0 bridgehead atoms. The van der Waals surface area contributed by atoms with Crippen LogP contribution in [0.3, 0.4) is 0 Å². The summed E-state index contributed by atoms with van der Waals surface area (Å²) in [6.07, 6.45) is 4.45. The molecule has 1 aliphatic rings. The van der Waals surface area contributed by atoms with Crippen LogP contribution in [0.1, 0.15) is 18.4 Å². The summed E-state index contributed by atoms with van der Waals surface area (Å²) < 4.78 is 0. The van der Waals surface area contributed by atoms with E-state index in [2.05, 4.69) is 49.1 Å². The van der Waals surface area contributed by atoms with E-state index in [-0.39, 0.29) is 11.7 Å². The zero-order valence-electron chi connectivity index (χ0n) is 14.0. The number of nitrogens with zero attached hydrogens (tertiary/aromatic N) is 3. The van der Waals surface area contributed by atoms with Crippen LogP contribution in [-0.2, 0) is 6.42 Å². The van der Waals surface area contributed by atoms with Gasteiger partial charge in [-0.1, -0.05) is 30.3 Å². The lowest BCUT2D eigenvalue weighted by atomic mass is 9.86. The largest absolute Gasteiger partial charge is 0.355 e. The lowest BCUT2D eigenvalue weighted by molar-refractivity contribution is 0.337. The quantitative estimate of drug-likeness (QED) is 0.668. The summed E-state index contributed by atoms with van der Waals surface area (Å²) in [7, 11) is 0. The SMILES string of the molecule is NC(Cc1ccccc1)C1CCN(c2ncnc3[nH]c(=O)[nH]c23)CC1. The van der Waals surface area contributed by atoms with E-state index in [1.54, 1.807) is 0 Å². The molecule has 1 atom stereocenters. The molecule has 3 aromatic rings. The van der Waals surface area contributed by atoms with Crippen LogP contribution in [0, 0.1) is 5.92 Å². The molecular formula is C18H22N6O. The van der Waals surface area contributed by atoms with Gasteiger partial charge in [0.05, 0.1) is 0 Å². The first kappa shape index (κ1) is 15.8. The molecule has 130 valence electrons. The van der Waals surface area contributed by atoms with Crippen molar-refractivity contribution in [3.8, 4) is 0 Å². The number of imidazole rings is 1. The Kier molecular flexibility index (Phi) is 4.23. The van der Waals surface area contributed by atoms with Gasteiger partial charge < -0.3 is 15.6 Å². The number of benzene rings is 1. The minimum absolute atomic E-state index is 0.169. The summed E-state index contributed by atoms with van der Waals surface area (Å²) in [5.41, 5.74) is 8.73. The van der Waals surface area contributed by atoms with E-state index < -0.39 is 0 Å². The highest BCUT2D eigenvalue weighted by atomic mass is 16.1. The lowest BCUT2D eigenvalue weighted by Crippen LogP contribution is -2.42. The first-order chi connectivity index (χ1) is 12.2. The molecule has 0 aliphatic carbocycles. The Morgan fingerprint density at radius 3 is 2.68 bits per heavy atom. The number of fused-ring (bicyclic) bond motifs is 1. The molecule has 1 aliphatic heterocycles. The van der Waals surface area contributed by atoms with Crippen molar-refractivity contribution in [2.24, 2.45) is 11.7 Å². The Labute approximate surface area is 145 Å². The van der Waals surface area contributed by atoms with Crippen LogP contribution in [-0.4, -0.2) is 39.1 Å². The Bertz CT molecular complexity index is 895. The number of anilines is 1. The Balaban J connectivity index is 1.43. The number of aromatic nitrogens is 4. The van der Waals surface area contributed by atoms with Gasteiger partial charge in [0.1, 0.15) is 11.8 Å². The molecule has 1 fully saturated rings. The predicted molar refractivity (Wildman–Crippen MR) is 97.6 cm³/mol. The molecule has 7 heteroatoms. The minimum Gasteiger partial charge on any atom is -0.355 e. The van der Waals surface area contributed by atoms with Crippen LogP contribution < -0.4 is 16.3 Å². The number of H-pyrrole nitrogens is 2. The van der Waals surface area contributed by atoms with Crippen molar-refractivity contribution < 1.29 is 0 Å². The molecule has 1 saturated heterocycles. The molecule has 4 rings (SSSR count). The van der Waals surface area contributed by atoms with Crippen LogP contribution in [0.2, 0.25) is 0 Å². The minimum atomic E-state index is -0.253. The standard InChI is InChI=1S/C18H22N6O/c19-14(10-12-4-2-1-3-5-12)13-6-8-24(9-7-13)17-15-16(20-11-21-17)23-18(25)22-15/h1-5,11,13-14H,6-10,19H2,(H2,20,21,22,23,25). The van der Waals surface area contributed by atoms with Crippen LogP contribution in [0.25, 0.3) is 11.2 Å². The van der Waals surface area contributed by atoms with Gasteiger partial charge in [-0.3, -0.25) is 4.98 Å². The molecular weight excluding hydrogens is 316 g/mol. The van der Waals surface area contributed by atoms with Gasteiger partial charge in [0.15, 0.2) is 11.5 Å². The van der Waals surface area contributed by atoms with Crippen molar-refractivity contribution in [1.29, 1.82) is 0 Å². The average molecular weight is 338 g/mol. The zero-order valence-corrected chi connectivity index (χ0v) is 14.0. The maximum Gasteiger partial charge on any atom is 0.325 e. The van der Waals surface area contributed by atoms with Crippen molar-refractivity contribution in [2.75, 3.05) is 18.0 Å². The molecule has 2 aromatic heterocycles. The third-order valence-electron chi connectivity index (χ3n) is 5.06. The summed E-state index contributed by atoms with van der Waals surface area (Å²) in [6, 6.07) is 10.6. The van der Waals surface area contributed by atoms with E-state index in [4.69, 9.17) is 5.73 Å². The summed E-state index contributed by atoms with van der Waals surface area (Å²) >= 11 is 0. The van der Waals surface area contributed by atoms with Crippen molar-refractivity contribution in [3.63, 3.8) is 0 Å². The second kappa shape index (κ2) is 6.68. The van der Waals surface area contributed by atoms with Crippen LogP contribution >= 0.6 is 0 Å². The van der Waals surface area contributed by atoms with Crippen molar-refractivity contribution in [1.82, 2.24) is 19.9 Å². The molecule has 4 N–H and O–H groups in total. The van der Waals surface area contributed by atoms with Gasteiger partial charge in [-0.15, -0.1) is 0 Å². The van der Waals surface area contributed by atoms with Crippen LogP contribution in [0.5, 0.6) is 0 Å². The van der Waals surface area contributed by atoms with Gasteiger partial charge in [0.2, 0.25) is 0 Å². The smallest absolute Gasteiger partial charge is 0.325 e. The fourth-order valence-electron chi connectivity index (χ4n) is 3.67. The predicted octanol–water partition coefficient (Wildman–Crippen LogP) is 1.43. The van der Waals surface area contributed by atoms with Crippen LogP contribution in [0.15, 0.2) is 41.5 Å². The molecule has 0 radical (unpaired) electrons. The monoisotopic (exact) mass is 338 g/mol. The number of hydrogen-bond acceptors (Lipinski definition) is 5. The van der Waals surface area contributed by atoms with Gasteiger partial charge in [-0.05, 0) is 30.7 Å². The van der Waals surface area contributed by atoms with Gasteiger partial charge in [0.25, 0.3) is 0 Å². The molecule has 25 heavy (non-hydrogen) atoms. The molecule has 1 unspecified atom stereocenters. The number of aromatic amines is 2. The number of nitrogens with one attached hydrogen (secondary N) is 2. The first-order valence-electron chi connectivity index (χ1n) is 8.68. The molecule has 3 heterocycles. The normalized spacial score (nSPS) is 17.1. The highest BCUT2D eigenvalue weighted by Crippen LogP contribution is 2.27. The highest BCUT2D eigenvalue weighted by molar-refractivity contribution is 5.82. The number of nitrogens with two attached hydrogens (primary N) is 1. The van der Waals surface area contributed by atoms with Gasteiger partial charge in [-0.2, -0.15) is 0 Å². The van der Waals surface area contributed by atoms with Crippen molar-refractivity contribution in [2.45, 2.75) is 25.3 Å².